The smallest absolute Gasteiger partial charge is 0.227 e. The molecule has 0 aliphatic heterocycles. The molecule has 4 nitrogen and oxygen atoms in total. The van der Waals surface area contributed by atoms with Crippen molar-refractivity contribution in [2.24, 2.45) is 0 Å². The van der Waals surface area contributed by atoms with Crippen molar-refractivity contribution in [1.29, 1.82) is 0 Å². The second-order valence-corrected chi connectivity index (χ2v) is 4.79. The summed E-state index contributed by atoms with van der Waals surface area (Å²) in [7, 11) is 5.67. The van der Waals surface area contributed by atoms with Gasteiger partial charge in [-0.2, -0.15) is 0 Å². The maximum absolute atomic E-state index is 5.77. The van der Waals surface area contributed by atoms with Gasteiger partial charge in [-0.3, -0.25) is 0 Å². The number of methoxy groups -OCH3 is 1. The molecule has 0 unspecified atom stereocenters. The molecule has 0 fully saturated rings. The number of aromatic nitrogens is 1. The fourth-order valence-corrected chi connectivity index (χ4v) is 2.06. The Hall–Kier alpha value is -2.49. The predicted molar refractivity (Wildman–Crippen MR) is 80.3 cm³/mol. The first-order valence-electron chi connectivity index (χ1n) is 6.40. The number of fused-ring (bicyclic) bond motifs is 1. The van der Waals surface area contributed by atoms with Gasteiger partial charge in [0.2, 0.25) is 5.89 Å². The van der Waals surface area contributed by atoms with E-state index >= 15 is 0 Å². The molecule has 0 aliphatic carbocycles. The van der Waals surface area contributed by atoms with Gasteiger partial charge in [0.05, 0.1) is 7.11 Å². The molecule has 0 aliphatic rings. The van der Waals surface area contributed by atoms with Gasteiger partial charge < -0.3 is 14.1 Å². The quantitative estimate of drug-likeness (QED) is 0.728. The number of oxazole rings is 1. The Morgan fingerprint density at radius 2 is 1.80 bits per heavy atom. The summed E-state index contributed by atoms with van der Waals surface area (Å²) in [6.07, 6.45) is 0. The van der Waals surface area contributed by atoms with E-state index in [9.17, 15) is 0 Å². The molecule has 1 heterocycles. The first-order chi connectivity index (χ1) is 9.67. The zero-order chi connectivity index (χ0) is 14.1. The fourth-order valence-electron chi connectivity index (χ4n) is 2.06. The SMILES string of the molecule is COc1ccc2oc(-c3ccc(N(C)C)cc3)nc2c1. The predicted octanol–water partition coefficient (Wildman–Crippen LogP) is 3.57. The molecule has 0 saturated carbocycles. The molecule has 3 aromatic rings. The number of hydrogen-bond acceptors (Lipinski definition) is 4. The average molecular weight is 268 g/mol. The van der Waals surface area contributed by atoms with Crippen LogP contribution in [0.2, 0.25) is 0 Å². The molecule has 1 aromatic heterocycles. The van der Waals surface area contributed by atoms with Crippen molar-refractivity contribution in [3.63, 3.8) is 0 Å². The Labute approximate surface area is 117 Å². The minimum atomic E-state index is 0.624. The molecule has 102 valence electrons. The highest BCUT2D eigenvalue weighted by molar-refractivity contribution is 5.78. The van der Waals surface area contributed by atoms with E-state index in [0.717, 1.165) is 28.1 Å². The number of nitrogens with zero attached hydrogens (tertiary/aromatic N) is 2. The van der Waals surface area contributed by atoms with Crippen molar-refractivity contribution in [2.75, 3.05) is 26.1 Å². The summed E-state index contributed by atoms with van der Waals surface area (Å²) < 4.78 is 11.0. The first-order valence-corrected chi connectivity index (χ1v) is 6.40. The zero-order valence-corrected chi connectivity index (χ0v) is 11.8. The van der Waals surface area contributed by atoms with Gasteiger partial charge in [-0.15, -0.1) is 0 Å². The summed E-state index contributed by atoms with van der Waals surface area (Å²) in [6, 6.07) is 13.7. The highest BCUT2D eigenvalue weighted by Crippen LogP contribution is 2.27. The summed E-state index contributed by atoms with van der Waals surface area (Å²) in [5.41, 5.74) is 3.67. The summed E-state index contributed by atoms with van der Waals surface area (Å²) in [6.45, 7) is 0. The Bertz CT molecular complexity index is 730. The molecular formula is C16H16N2O2. The largest absolute Gasteiger partial charge is 0.497 e. The fraction of sp³-hybridized carbons (Fsp3) is 0.188. The van der Waals surface area contributed by atoms with E-state index in [1.165, 1.54) is 0 Å². The Balaban J connectivity index is 2.01. The number of rotatable bonds is 3. The summed E-state index contributed by atoms with van der Waals surface area (Å²) in [5, 5.41) is 0. The lowest BCUT2D eigenvalue weighted by Crippen LogP contribution is -2.07. The van der Waals surface area contributed by atoms with E-state index < -0.39 is 0 Å². The van der Waals surface area contributed by atoms with Crippen LogP contribution in [0.4, 0.5) is 5.69 Å². The van der Waals surface area contributed by atoms with Gasteiger partial charge in [-0.1, -0.05) is 0 Å². The zero-order valence-electron chi connectivity index (χ0n) is 11.8. The van der Waals surface area contributed by atoms with Crippen LogP contribution in [0.3, 0.4) is 0 Å². The molecule has 3 rings (SSSR count). The lowest BCUT2D eigenvalue weighted by atomic mass is 10.2. The summed E-state index contributed by atoms with van der Waals surface area (Å²) >= 11 is 0. The van der Waals surface area contributed by atoms with Gasteiger partial charge >= 0.3 is 0 Å². The minimum Gasteiger partial charge on any atom is -0.497 e. The highest BCUT2D eigenvalue weighted by atomic mass is 16.5. The molecule has 0 N–H and O–H groups in total. The molecule has 20 heavy (non-hydrogen) atoms. The standard InChI is InChI=1S/C16H16N2O2/c1-18(2)12-6-4-11(5-7-12)16-17-14-10-13(19-3)8-9-15(14)20-16/h4-10H,1-3H3. The minimum absolute atomic E-state index is 0.624. The molecule has 4 heteroatoms. The van der Waals surface area contributed by atoms with E-state index in [2.05, 4.69) is 9.88 Å². The van der Waals surface area contributed by atoms with Crippen molar-refractivity contribution >= 4 is 16.8 Å². The highest BCUT2D eigenvalue weighted by Gasteiger charge is 2.09. The topological polar surface area (TPSA) is 38.5 Å². The van der Waals surface area contributed by atoms with Crippen molar-refractivity contribution in [3.8, 4) is 17.2 Å². The monoisotopic (exact) mass is 268 g/mol. The van der Waals surface area contributed by atoms with Gasteiger partial charge in [0, 0.05) is 31.4 Å². The first kappa shape index (κ1) is 12.5. The number of benzene rings is 2. The normalized spacial score (nSPS) is 10.8. The lowest BCUT2D eigenvalue weighted by molar-refractivity contribution is 0.415. The number of ether oxygens (including phenoxy) is 1. The van der Waals surface area contributed by atoms with E-state index in [-0.39, 0.29) is 0 Å². The summed E-state index contributed by atoms with van der Waals surface area (Å²) in [5.74, 6) is 1.40. The van der Waals surface area contributed by atoms with Crippen molar-refractivity contribution in [1.82, 2.24) is 4.98 Å². The van der Waals surface area contributed by atoms with Gasteiger partial charge in [0.25, 0.3) is 0 Å². The Morgan fingerprint density at radius 1 is 1.05 bits per heavy atom. The lowest BCUT2D eigenvalue weighted by Gasteiger charge is -2.11. The Kier molecular flexibility index (Phi) is 3.06. The van der Waals surface area contributed by atoms with Crippen LogP contribution in [0.5, 0.6) is 5.75 Å². The molecule has 0 amide bonds. The molecule has 0 atom stereocenters. The maximum atomic E-state index is 5.77. The van der Waals surface area contributed by atoms with E-state index in [1.807, 2.05) is 56.6 Å². The van der Waals surface area contributed by atoms with Crippen LogP contribution in [-0.4, -0.2) is 26.2 Å². The molecule has 0 bridgehead atoms. The van der Waals surface area contributed by atoms with Crippen LogP contribution in [0, 0.1) is 0 Å². The maximum Gasteiger partial charge on any atom is 0.227 e. The third kappa shape index (κ3) is 2.20. The van der Waals surface area contributed by atoms with Crippen molar-refractivity contribution < 1.29 is 9.15 Å². The average Bonchev–Trinajstić information content (AvgIpc) is 2.90. The molecule has 0 saturated heterocycles. The second-order valence-electron chi connectivity index (χ2n) is 4.79. The van der Waals surface area contributed by atoms with E-state index in [1.54, 1.807) is 7.11 Å². The second kappa shape index (κ2) is 4.89. The van der Waals surface area contributed by atoms with Crippen LogP contribution in [-0.2, 0) is 0 Å². The van der Waals surface area contributed by atoms with Crippen LogP contribution >= 0.6 is 0 Å². The molecule has 0 radical (unpaired) electrons. The summed E-state index contributed by atoms with van der Waals surface area (Å²) in [4.78, 5) is 6.56. The molecular weight excluding hydrogens is 252 g/mol. The van der Waals surface area contributed by atoms with Crippen LogP contribution < -0.4 is 9.64 Å². The van der Waals surface area contributed by atoms with Crippen LogP contribution in [0.15, 0.2) is 46.9 Å². The van der Waals surface area contributed by atoms with Gasteiger partial charge in [0.15, 0.2) is 5.58 Å². The van der Waals surface area contributed by atoms with Crippen molar-refractivity contribution in [2.45, 2.75) is 0 Å². The van der Waals surface area contributed by atoms with Gasteiger partial charge in [-0.05, 0) is 36.4 Å². The molecule has 0 spiro atoms. The van der Waals surface area contributed by atoms with Gasteiger partial charge in [0.1, 0.15) is 11.3 Å². The van der Waals surface area contributed by atoms with Crippen LogP contribution in [0.1, 0.15) is 0 Å². The third-order valence-electron chi connectivity index (χ3n) is 3.23. The Morgan fingerprint density at radius 3 is 2.45 bits per heavy atom. The van der Waals surface area contributed by atoms with E-state index in [4.69, 9.17) is 9.15 Å². The van der Waals surface area contributed by atoms with E-state index in [0.29, 0.717) is 5.89 Å². The third-order valence-corrected chi connectivity index (χ3v) is 3.23. The van der Waals surface area contributed by atoms with Crippen LogP contribution in [0.25, 0.3) is 22.6 Å². The number of hydrogen-bond donors (Lipinski definition) is 0. The van der Waals surface area contributed by atoms with Crippen molar-refractivity contribution in [3.05, 3.63) is 42.5 Å². The number of anilines is 1. The van der Waals surface area contributed by atoms with Gasteiger partial charge in [-0.25, -0.2) is 4.98 Å². The molecule has 2 aromatic carbocycles.